The molecule has 0 unspecified atom stereocenters. The SMILES string of the molecule is Cn1cnc(S(=O)(=O)Nc2cc(Cl)ccc2C(N)=S)c1. The summed E-state index contributed by atoms with van der Waals surface area (Å²) in [6.07, 6.45) is 2.77. The van der Waals surface area contributed by atoms with Crippen molar-refractivity contribution in [2.24, 2.45) is 12.8 Å². The molecule has 0 fully saturated rings. The minimum atomic E-state index is -3.82. The number of rotatable bonds is 4. The van der Waals surface area contributed by atoms with Gasteiger partial charge in [0.2, 0.25) is 0 Å². The molecule has 0 aliphatic rings. The summed E-state index contributed by atoms with van der Waals surface area (Å²) in [5.74, 6) is 0. The van der Waals surface area contributed by atoms with Crippen molar-refractivity contribution in [1.82, 2.24) is 9.55 Å². The van der Waals surface area contributed by atoms with E-state index in [1.807, 2.05) is 0 Å². The molecule has 0 spiro atoms. The number of hydrogen-bond acceptors (Lipinski definition) is 4. The van der Waals surface area contributed by atoms with E-state index in [1.165, 1.54) is 23.2 Å². The molecule has 20 heavy (non-hydrogen) atoms. The second kappa shape index (κ2) is 5.39. The molecular weight excluding hydrogens is 320 g/mol. The van der Waals surface area contributed by atoms with Gasteiger partial charge in [-0.05, 0) is 18.2 Å². The Morgan fingerprint density at radius 3 is 2.75 bits per heavy atom. The predicted molar refractivity (Wildman–Crippen MR) is 81.4 cm³/mol. The number of aromatic nitrogens is 2. The summed E-state index contributed by atoms with van der Waals surface area (Å²) < 4.78 is 28.3. The molecule has 2 aromatic rings. The van der Waals surface area contributed by atoms with Gasteiger partial charge in [0.1, 0.15) is 4.99 Å². The monoisotopic (exact) mass is 330 g/mol. The zero-order valence-electron chi connectivity index (χ0n) is 10.4. The second-order valence-electron chi connectivity index (χ2n) is 4.04. The number of halogens is 1. The number of anilines is 1. The van der Waals surface area contributed by atoms with Gasteiger partial charge in [-0.2, -0.15) is 8.42 Å². The van der Waals surface area contributed by atoms with E-state index in [4.69, 9.17) is 29.6 Å². The lowest BCUT2D eigenvalue weighted by molar-refractivity contribution is 0.598. The van der Waals surface area contributed by atoms with E-state index in [9.17, 15) is 8.42 Å². The van der Waals surface area contributed by atoms with Crippen LogP contribution in [0.5, 0.6) is 0 Å². The summed E-state index contributed by atoms with van der Waals surface area (Å²) in [7, 11) is -2.15. The third-order valence-corrected chi connectivity index (χ3v) is 4.15. The van der Waals surface area contributed by atoms with Crippen molar-refractivity contribution in [2.45, 2.75) is 5.03 Å². The average Bonchev–Trinajstić information content (AvgIpc) is 2.75. The van der Waals surface area contributed by atoms with Crippen molar-refractivity contribution in [2.75, 3.05) is 4.72 Å². The van der Waals surface area contributed by atoms with Crippen LogP contribution in [0.25, 0.3) is 0 Å². The van der Waals surface area contributed by atoms with E-state index in [1.54, 1.807) is 19.2 Å². The Balaban J connectivity index is 2.44. The number of nitrogens with zero attached hydrogens (tertiary/aromatic N) is 2. The normalized spacial score (nSPS) is 11.3. The first kappa shape index (κ1) is 14.8. The smallest absolute Gasteiger partial charge is 0.280 e. The first-order valence-corrected chi connectivity index (χ1v) is 7.66. The summed E-state index contributed by atoms with van der Waals surface area (Å²) in [5, 5.41) is 0.262. The lowest BCUT2D eigenvalue weighted by atomic mass is 10.2. The van der Waals surface area contributed by atoms with Crippen molar-refractivity contribution in [3.63, 3.8) is 0 Å². The highest BCUT2D eigenvalue weighted by atomic mass is 35.5. The van der Waals surface area contributed by atoms with Gasteiger partial charge in [-0.15, -0.1) is 0 Å². The highest BCUT2D eigenvalue weighted by Gasteiger charge is 2.19. The van der Waals surface area contributed by atoms with E-state index >= 15 is 0 Å². The number of aryl methyl sites for hydroxylation is 1. The first-order chi connectivity index (χ1) is 9.29. The van der Waals surface area contributed by atoms with Crippen LogP contribution in [0, 0.1) is 0 Å². The van der Waals surface area contributed by atoms with Crippen LogP contribution in [0.1, 0.15) is 5.56 Å². The largest absolute Gasteiger partial charge is 0.389 e. The number of nitrogens with two attached hydrogens (primary N) is 1. The minimum Gasteiger partial charge on any atom is -0.389 e. The maximum atomic E-state index is 12.2. The fourth-order valence-electron chi connectivity index (χ4n) is 1.54. The van der Waals surface area contributed by atoms with E-state index in [0.29, 0.717) is 10.6 Å². The summed E-state index contributed by atoms with van der Waals surface area (Å²) in [6.45, 7) is 0. The molecule has 9 heteroatoms. The first-order valence-electron chi connectivity index (χ1n) is 5.40. The molecule has 3 N–H and O–H groups in total. The van der Waals surface area contributed by atoms with Crippen molar-refractivity contribution in [3.05, 3.63) is 41.3 Å². The van der Waals surface area contributed by atoms with Gasteiger partial charge in [0.05, 0.1) is 12.0 Å². The summed E-state index contributed by atoms with van der Waals surface area (Å²) >= 11 is 10.7. The van der Waals surface area contributed by atoms with E-state index < -0.39 is 10.0 Å². The summed E-state index contributed by atoms with van der Waals surface area (Å²) in [4.78, 5) is 3.87. The molecule has 106 valence electrons. The Kier molecular flexibility index (Phi) is 3.98. The second-order valence-corrected chi connectivity index (χ2v) is 6.54. The van der Waals surface area contributed by atoms with Crippen LogP contribution < -0.4 is 10.5 Å². The number of hydrogen-bond donors (Lipinski definition) is 2. The number of nitrogens with one attached hydrogen (secondary N) is 1. The van der Waals surface area contributed by atoms with E-state index in [2.05, 4.69) is 9.71 Å². The standard InChI is InChI=1S/C11H11ClN4O2S2/c1-16-5-10(14-6-16)20(17,18)15-9-4-7(12)2-3-8(9)11(13)19/h2-6,15H,1H3,(H2,13,19). The van der Waals surface area contributed by atoms with Gasteiger partial charge in [-0.1, -0.05) is 23.8 Å². The molecule has 0 radical (unpaired) electrons. The molecule has 0 saturated carbocycles. The van der Waals surface area contributed by atoms with Crippen LogP contribution in [0.15, 0.2) is 35.7 Å². The zero-order chi connectivity index (χ0) is 14.9. The number of benzene rings is 1. The molecule has 0 amide bonds. The van der Waals surface area contributed by atoms with Gasteiger partial charge in [0.25, 0.3) is 10.0 Å². The molecule has 6 nitrogen and oxygen atoms in total. The summed E-state index contributed by atoms with van der Waals surface area (Å²) in [5.41, 5.74) is 6.17. The summed E-state index contributed by atoms with van der Waals surface area (Å²) in [6, 6.07) is 4.58. The molecular formula is C11H11ClN4O2S2. The Bertz CT molecular complexity index is 770. The molecule has 1 aromatic carbocycles. The van der Waals surface area contributed by atoms with Crippen LogP contribution in [0.3, 0.4) is 0 Å². The number of sulfonamides is 1. The van der Waals surface area contributed by atoms with E-state index in [-0.39, 0.29) is 15.7 Å². The van der Waals surface area contributed by atoms with Crippen LogP contribution in [0.2, 0.25) is 5.02 Å². The maximum absolute atomic E-state index is 12.2. The predicted octanol–water partition coefficient (Wildman–Crippen LogP) is 1.51. The van der Waals surface area contributed by atoms with Crippen molar-refractivity contribution in [1.29, 1.82) is 0 Å². The Morgan fingerprint density at radius 1 is 1.50 bits per heavy atom. The zero-order valence-corrected chi connectivity index (χ0v) is 12.8. The van der Waals surface area contributed by atoms with Crippen LogP contribution in [0.4, 0.5) is 5.69 Å². The van der Waals surface area contributed by atoms with Crippen molar-refractivity contribution < 1.29 is 8.42 Å². The van der Waals surface area contributed by atoms with Crippen LogP contribution in [-0.4, -0.2) is 23.0 Å². The van der Waals surface area contributed by atoms with Crippen molar-refractivity contribution >= 4 is 44.5 Å². The lowest BCUT2D eigenvalue weighted by Gasteiger charge is -2.11. The van der Waals surface area contributed by atoms with Gasteiger partial charge in [-0.3, -0.25) is 4.72 Å². The van der Waals surface area contributed by atoms with Crippen LogP contribution in [-0.2, 0) is 17.1 Å². The van der Waals surface area contributed by atoms with Gasteiger partial charge >= 0.3 is 0 Å². The Morgan fingerprint density at radius 2 is 2.20 bits per heavy atom. The molecule has 1 heterocycles. The molecule has 1 aromatic heterocycles. The van der Waals surface area contributed by atoms with Crippen molar-refractivity contribution in [3.8, 4) is 0 Å². The quantitative estimate of drug-likeness (QED) is 0.829. The average molecular weight is 331 g/mol. The Labute approximate surface area is 126 Å². The number of thiocarbonyl (C=S) groups is 1. The highest BCUT2D eigenvalue weighted by molar-refractivity contribution is 7.92. The van der Waals surface area contributed by atoms with Crippen LogP contribution >= 0.6 is 23.8 Å². The fraction of sp³-hybridized carbons (Fsp3) is 0.0909. The van der Waals surface area contributed by atoms with Gasteiger partial charge in [0, 0.05) is 23.8 Å². The third kappa shape index (κ3) is 3.09. The molecule has 2 rings (SSSR count). The molecule has 0 atom stereocenters. The highest BCUT2D eigenvalue weighted by Crippen LogP contribution is 2.23. The van der Waals surface area contributed by atoms with Gasteiger partial charge in [-0.25, -0.2) is 4.98 Å². The fourth-order valence-corrected chi connectivity index (χ4v) is 2.94. The molecule has 0 aliphatic carbocycles. The van der Waals surface area contributed by atoms with E-state index in [0.717, 1.165) is 0 Å². The Hall–Kier alpha value is -1.64. The third-order valence-electron chi connectivity index (χ3n) is 2.45. The minimum absolute atomic E-state index is 0.0698. The maximum Gasteiger partial charge on any atom is 0.280 e. The molecule has 0 bridgehead atoms. The topological polar surface area (TPSA) is 90.0 Å². The van der Waals surface area contributed by atoms with Gasteiger partial charge < -0.3 is 10.3 Å². The number of imidazole rings is 1. The lowest BCUT2D eigenvalue weighted by Crippen LogP contribution is -2.18. The molecule has 0 aliphatic heterocycles. The molecule has 0 saturated heterocycles. The van der Waals surface area contributed by atoms with Gasteiger partial charge in [0.15, 0.2) is 5.03 Å².